The fraction of sp³-hybridized carbons (Fsp3) is 0.462. The summed E-state index contributed by atoms with van der Waals surface area (Å²) in [6, 6.07) is 4.06. The monoisotopic (exact) mass is 250 g/mol. The SMILES string of the molecule is COC(=O)c1c(OC)ccc2c1CCC(NN)C2. The van der Waals surface area contributed by atoms with E-state index in [4.69, 9.17) is 15.3 Å². The first-order chi connectivity index (χ1) is 8.71. The second kappa shape index (κ2) is 5.37. The second-order valence-corrected chi connectivity index (χ2v) is 4.38. The number of methoxy groups -OCH3 is 2. The first kappa shape index (κ1) is 12.9. The van der Waals surface area contributed by atoms with Crippen LogP contribution in [0.15, 0.2) is 12.1 Å². The Balaban J connectivity index is 2.47. The minimum Gasteiger partial charge on any atom is -0.496 e. The normalized spacial score (nSPS) is 18.1. The average molecular weight is 250 g/mol. The van der Waals surface area contributed by atoms with Crippen LogP contribution in [0.1, 0.15) is 27.9 Å². The fourth-order valence-corrected chi connectivity index (χ4v) is 2.47. The molecule has 0 amide bonds. The van der Waals surface area contributed by atoms with Gasteiger partial charge in [0.25, 0.3) is 0 Å². The van der Waals surface area contributed by atoms with Gasteiger partial charge in [-0.05, 0) is 36.5 Å². The van der Waals surface area contributed by atoms with Gasteiger partial charge in [-0.3, -0.25) is 11.3 Å². The predicted molar refractivity (Wildman–Crippen MR) is 67.5 cm³/mol. The van der Waals surface area contributed by atoms with Crippen LogP contribution in [-0.4, -0.2) is 26.2 Å². The Kier molecular flexibility index (Phi) is 3.84. The molecule has 2 rings (SSSR count). The van der Waals surface area contributed by atoms with Crippen LogP contribution in [0.25, 0.3) is 0 Å². The Morgan fingerprint density at radius 2 is 2.22 bits per heavy atom. The molecular weight excluding hydrogens is 232 g/mol. The van der Waals surface area contributed by atoms with Gasteiger partial charge in [-0.25, -0.2) is 4.79 Å². The summed E-state index contributed by atoms with van der Waals surface area (Å²) in [6.45, 7) is 0. The lowest BCUT2D eigenvalue weighted by Gasteiger charge is -2.26. The molecule has 0 saturated heterocycles. The van der Waals surface area contributed by atoms with Crippen LogP contribution in [0.5, 0.6) is 5.75 Å². The number of benzene rings is 1. The van der Waals surface area contributed by atoms with Crippen molar-refractivity contribution < 1.29 is 14.3 Å². The van der Waals surface area contributed by atoms with Gasteiger partial charge in [0.2, 0.25) is 0 Å². The molecule has 0 bridgehead atoms. The molecule has 0 spiro atoms. The summed E-state index contributed by atoms with van der Waals surface area (Å²) in [7, 11) is 2.94. The van der Waals surface area contributed by atoms with E-state index in [-0.39, 0.29) is 12.0 Å². The van der Waals surface area contributed by atoms with Crippen LogP contribution in [-0.2, 0) is 17.6 Å². The maximum Gasteiger partial charge on any atom is 0.341 e. The minimum atomic E-state index is -0.345. The van der Waals surface area contributed by atoms with E-state index in [0.717, 1.165) is 30.4 Å². The zero-order valence-corrected chi connectivity index (χ0v) is 10.7. The van der Waals surface area contributed by atoms with E-state index in [1.165, 1.54) is 7.11 Å². The van der Waals surface area contributed by atoms with Gasteiger partial charge in [0.05, 0.1) is 14.2 Å². The van der Waals surface area contributed by atoms with Gasteiger partial charge in [-0.1, -0.05) is 6.07 Å². The highest BCUT2D eigenvalue weighted by Gasteiger charge is 2.26. The molecule has 0 saturated carbocycles. The van der Waals surface area contributed by atoms with E-state index in [2.05, 4.69) is 5.43 Å². The molecule has 0 aromatic heterocycles. The number of carbonyl (C=O) groups excluding carboxylic acids is 1. The van der Waals surface area contributed by atoms with Gasteiger partial charge in [-0.15, -0.1) is 0 Å². The first-order valence-electron chi connectivity index (χ1n) is 5.94. The molecule has 18 heavy (non-hydrogen) atoms. The number of esters is 1. The minimum absolute atomic E-state index is 0.261. The fourth-order valence-electron chi connectivity index (χ4n) is 2.47. The Hall–Kier alpha value is -1.59. The molecule has 3 N–H and O–H groups in total. The number of nitrogens with one attached hydrogen (secondary N) is 1. The van der Waals surface area contributed by atoms with Crippen LogP contribution in [0.4, 0.5) is 0 Å². The number of nitrogens with two attached hydrogens (primary N) is 1. The van der Waals surface area contributed by atoms with Crippen LogP contribution in [0, 0.1) is 0 Å². The quantitative estimate of drug-likeness (QED) is 0.471. The summed E-state index contributed by atoms with van der Waals surface area (Å²) in [6.07, 6.45) is 2.52. The number of carbonyl (C=O) groups is 1. The first-order valence-corrected chi connectivity index (χ1v) is 5.94. The Morgan fingerprint density at radius 3 is 2.83 bits per heavy atom. The molecule has 5 nitrogen and oxygen atoms in total. The standard InChI is InChI=1S/C13H18N2O3/c1-17-11-6-3-8-7-9(15-14)4-5-10(8)12(11)13(16)18-2/h3,6,9,15H,4-5,7,14H2,1-2H3. The second-order valence-electron chi connectivity index (χ2n) is 4.38. The van der Waals surface area contributed by atoms with E-state index in [1.807, 2.05) is 12.1 Å². The Labute approximate surface area is 106 Å². The molecule has 1 aromatic rings. The maximum atomic E-state index is 11.9. The number of hydrogen-bond donors (Lipinski definition) is 2. The molecule has 98 valence electrons. The molecule has 0 radical (unpaired) electrons. The average Bonchev–Trinajstić information content (AvgIpc) is 2.44. The van der Waals surface area contributed by atoms with Crippen LogP contribution in [0.3, 0.4) is 0 Å². The third-order valence-corrected chi connectivity index (χ3v) is 3.43. The van der Waals surface area contributed by atoms with Crippen molar-refractivity contribution in [1.82, 2.24) is 5.43 Å². The van der Waals surface area contributed by atoms with Gasteiger partial charge >= 0.3 is 5.97 Å². The Morgan fingerprint density at radius 1 is 1.44 bits per heavy atom. The zero-order valence-electron chi connectivity index (χ0n) is 10.7. The summed E-state index contributed by atoms with van der Waals surface area (Å²) in [4.78, 5) is 11.9. The zero-order chi connectivity index (χ0) is 13.1. The van der Waals surface area contributed by atoms with E-state index in [9.17, 15) is 4.79 Å². The molecule has 5 heteroatoms. The van der Waals surface area contributed by atoms with Crippen LogP contribution < -0.4 is 16.0 Å². The van der Waals surface area contributed by atoms with E-state index in [0.29, 0.717) is 11.3 Å². The highest BCUT2D eigenvalue weighted by atomic mass is 16.5. The number of fused-ring (bicyclic) bond motifs is 1. The topological polar surface area (TPSA) is 73.6 Å². The Bertz CT molecular complexity index is 460. The van der Waals surface area contributed by atoms with Gasteiger partial charge < -0.3 is 9.47 Å². The van der Waals surface area contributed by atoms with E-state index >= 15 is 0 Å². The lowest BCUT2D eigenvalue weighted by atomic mass is 9.85. The number of rotatable bonds is 3. The van der Waals surface area contributed by atoms with Gasteiger partial charge in [0.1, 0.15) is 11.3 Å². The molecule has 1 aliphatic carbocycles. The van der Waals surface area contributed by atoms with E-state index in [1.54, 1.807) is 7.11 Å². The van der Waals surface area contributed by atoms with Crippen molar-refractivity contribution in [3.8, 4) is 5.75 Å². The van der Waals surface area contributed by atoms with Crippen molar-refractivity contribution in [1.29, 1.82) is 0 Å². The lowest BCUT2D eigenvalue weighted by Crippen LogP contribution is -2.39. The molecule has 1 aliphatic rings. The largest absolute Gasteiger partial charge is 0.496 e. The van der Waals surface area contributed by atoms with E-state index < -0.39 is 0 Å². The van der Waals surface area contributed by atoms with Crippen molar-refractivity contribution in [2.24, 2.45) is 5.84 Å². The molecule has 1 unspecified atom stereocenters. The van der Waals surface area contributed by atoms with Gasteiger partial charge in [-0.2, -0.15) is 0 Å². The van der Waals surface area contributed by atoms with Gasteiger partial charge in [0.15, 0.2) is 0 Å². The van der Waals surface area contributed by atoms with Crippen molar-refractivity contribution >= 4 is 5.97 Å². The molecule has 1 atom stereocenters. The highest BCUT2D eigenvalue weighted by Crippen LogP contribution is 2.31. The summed E-state index contributed by atoms with van der Waals surface area (Å²) in [5.41, 5.74) is 5.49. The molecule has 0 aliphatic heterocycles. The molecule has 0 fully saturated rings. The van der Waals surface area contributed by atoms with Crippen molar-refractivity contribution in [2.75, 3.05) is 14.2 Å². The number of ether oxygens (including phenoxy) is 2. The van der Waals surface area contributed by atoms with Crippen LogP contribution >= 0.6 is 0 Å². The van der Waals surface area contributed by atoms with Crippen molar-refractivity contribution in [2.45, 2.75) is 25.3 Å². The third kappa shape index (κ3) is 2.19. The smallest absolute Gasteiger partial charge is 0.341 e. The lowest BCUT2D eigenvalue weighted by molar-refractivity contribution is 0.0595. The van der Waals surface area contributed by atoms with Crippen molar-refractivity contribution in [3.05, 3.63) is 28.8 Å². The predicted octanol–water partition coefficient (Wildman–Crippen LogP) is 0.802. The number of hydrogen-bond acceptors (Lipinski definition) is 5. The van der Waals surface area contributed by atoms with Gasteiger partial charge in [0, 0.05) is 6.04 Å². The summed E-state index contributed by atoms with van der Waals surface area (Å²) in [5, 5.41) is 0. The van der Waals surface area contributed by atoms with Crippen molar-refractivity contribution in [3.63, 3.8) is 0 Å². The maximum absolute atomic E-state index is 11.9. The van der Waals surface area contributed by atoms with Crippen LogP contribution in [0.2, 0.25) is 0 Å². The highest BCUT2D eigenvalue weighted by molar-refractivity contribution is 5.94. The summed E-state index contributed by atoms with van der Waals surface area (Å²) >= 11 is 0. The summed E-state index contributed by atoms with van der Waals surface area (Å²) in [5.74, 6) is 5.70. The summed E-state index contributed by atoms with van der Waals surface area (Å²) < 4.78 is 10.1. The molecular formula is C13H18N2O3. The molecule has 0 heterocycles. The molecule has 1 aromatic carbocycles. The third-order valence-electron chi connectivity index (χ3n) is 3.43. The number of hydrazine groups is 1.